The largest absolute Gasteiger partial charge is 0.347 e. The third-order valence-electron chi connectivity index (χ3n) is 2.55. The summed E-state index contributed by atoms with van der Waals surface area (Å²) in [5.41, 5.74) is 1.60. The van der Waals surface area contributed by atoms with Gasteiger partial charge in [-0.1, -0.05) is 12.1 Å². The Hall–Kier alpha value is -1.49. The highest BCUT2D eigenvalue weighted by Crippen LogP contribution is 2.18. The van der Waals surface area contributed by atoms with E-state index >= 15 is 0 Å². The van der Waals surface area contributed by atoms with Crippen LogP contribution in [0.2, 0.25) is 0 Å². The molecule has 0 saturated heterocycles. The predicted octanol–water partition coefficient (Wildman–Crippen LogP) is 1.50. The Balaban J connectivity index is 2.59. The molecule has 0 fully saturated rings. The van der Waals surface area contributed by atoms with E-state index in [2.05, 4.69) is 17.9 Å². The number of nitrogens with zero attached hydrogens (tertiary/aromatic N) is 1. The van der Waals surface area contributed by atoms with Gasteiger partial charge in [-0.2, -0.15) is 12.6 Å². The zero-order valence-electron chi connectivity index (χ0n) is 10.8. The molecule has 0 aliphatic carbocycles. The Kier molecular flexibility index (Phi) is 5.22. The molecule has 0 heterocycles. The van der Waals surface area contributed by atoms with Crippen LogP contribution in [0, 0.1) is 0 Å². The highest BCUT2D eigenvalue weighted by atomic mass is 32.1. The van der Waals surface area contributed by atoms with E-state index in [-0.39, 0.29) is 23.6 Å². The summed E-state index contributed by atoms with van der Waals surface area (Å²) in [5, 5.41) is 2.72. The van der Waals surface area contributed by atoms with Crippen molar-refractivity contribution in [1.82, 2.24) is 10.2 Å². The molecular formula is C13H18N2O2S. The fourth-order valence-corrected chi connectivity index (χ4v) is 1.50. The first-order chi connectivity index (χ1) is 8.41. The summed E-state index contributed by atoms with van der Waals surface area (Å²) >= 11 is 4.31. The fraction of sp³-hybridized carbons (Fsp3) is 0.385. The Morgan fingerprint density at radius 3 is 2.28 bits per heavy atom. The van der Waals surface area contributed by atoms with Gasteiger partial charge in [0.15, 0.2) is 0 Å². The Labute approximate surface area is 113 Å². The average molecular weight is 266 g/mol. The van der Waals surface area contributed by atoms with Crippen LogP contribution in [0.4, 0.5) is 0 Å². The molecule has 0 aliphatic rings. The minimum absolute atomic E-state index is 0.0105. The van der Waals surface area contributed by atoms with Gasteiger partial charge in [-0.3, -0.25) is 9.59 Å². The van der Waals surface area contributed by atoms with Crippen LogP contribution in [0.3, 0.4) is 0 Å². The van der Waals surface area contributed by atoms with Gasteiger partial charge in [0.05, 0.1) is 6.54 Å². The van der Waals surface area contributed by atoms with Crippen molar-refractivity contribution in [2.75, 3.05) is 20.6 Å². The molecule has 0 radical (unpaired) electrons. The number of hydrogen-bond acceptors (Lipinski definition) is 3. The molecule has 1 N–H and O–H groups in total. The monoisotopic (exact) mass is 266 g/mol. The van der Waals surface area contributed by atoms with E-state index in [1.807, 2.05) is 19.1 Å². The molecule has 1 aromatic rings. The Morgan fingerprint density at radius 1 is 1.28 bits per heavy atom. The summed E-state index contributed by atoms with van der Waals surface area (Å²) in [4.78, 5) is 24.5. The maximum Gasteiger partial charge on any atom is 0.251 e. The van der Waals surface area contributed by atoms with Gasteiger partial charge in [0.1, 0.15) is 0 Å². The van der Waals surface area contributed by atoms with Crippen molar-refractivity contribution in [3.63, 3.8) is 0 Å². The summed E-state index contributed by atoms with van der Waals surface area (Å²) in [7, 11) is 3.30. The number of hydrogen-bond donors (Lipinski definition) is 2. The van der Waals surface area contributed by atoms with E-state index in [4.69, 9.17) is 0 Å². The number of benzene rings is 1. The standard InChI is InChI=1S/C13H18N2O2S/c1-9(18)10-4-6-11(7-5-10)13(17)14-8-12(16)15(2)3/h4-7,9,18H,8H2,1-3H3,(H,14,17). The van der Waals surface area contributed by atoms with Crippen LogP contribution in [0.5, 0.6) is 0 Å². The van der Waals surface area contributed by atoms with E-state index in [1.165, 1.54) is 4.90 Å². The van der Waals surface area contributed by atoms with Crippen molar-refractivity contribution < 1.29 is 9.59 Å². The maximum absolute atomic E-state index is 11.8. The van der Waals surface area contributed by atoms with E-state index in [9.17, 15) is 9.59 Å². The first-order valence-electron chi connectivity index (χ1n) is 5.68. The summed E-state index contributed by atoms with van der Waals surface area (Å²) < 4.78 is 0. The lowest BCUT2D eigenvalue weighted by Gasteiger charge is -2.11. The van der Waals surface area contributed by atoms with Gasteiger partial charge in [-0.15, -0.1) is 0 Å². The molecule has 1 unspecified atom stereocenters. The number of nitrogens with one attached hydrogen (secondary N) is 1. The molecule has 98 valence electrons. The van der Waals surface area contributed by atoms with Crippen LogP contribution in [0.1, 0.15) is 28.1 Å². The molecule has 2 amide bonds. The number of amides is 2. The third kappa shape index (κ3) is 4.07. The maximum atomic E-state index is 11.8. The van der Waals surface area contributed by atoms with Gasteiger partial charge in [0.2, 0.25) is 5.91 Å². The first kappa shape index (κ1) is 14.6. The molecule has 18 heavy (non-hydrogen) atoms. The van der Waals surface area contributed by atoms with Gasteiger partial charge in [-0.05, 0) is 24.6 Å². The fourth-order valence-electron chi connectivity index (χ4n) is 1.33. The molecule has 0 aliphatic heterocycles. The van der Waals surface area contributed by atoms with Crippen molar-refractivity contribution >= 4 is 24.4 Å². The molecule has 0 spiro atoms. The van der Waals surface area contributed by atoms with Crippen LogP contribution < -0.4 is 5.32 Å². The lowest BCUT2D eigenvalue weighted by atomic mass is 10.1. The smallest absolute Gasteiger partial charge is 0.251 e. The number of carbonyl (C=O) groups excluding carboxylic acids is 2. The second kappa shape index (κ2) is 6.44. The molecule has 0 bridgehead atoms. The van der Waals surface area contributed by atoms with Crippen LogP contribution >= 0.6 is 12.6 Å². The zero-order chi connectivity index (χ0) is 13.7. The average Bonchev–Trinajstić information content (AvgIpc) is 2.35. The quantitative estimate of drug-likeness (QED) is 0.811. The molecule has 1 aromatic carbocycles. The van der Waals surface area contributed by atoms with Crippen LogP contribution in [0.15, 0.2) is 24.3 Å². The van der Waals surface area contributed by atoms with Crippen molar-refractivity contribution in [3.8, 4) is 0 Å². The Morgan fingerprint density at radius 2 is 1.83 bits per heavy atom. The topological polar surface area (TPSA) is 49.4 Å². The zero-order valence-corrected chi connectivity index (χ0v) is 11.7. The summed E-state index contributed by atoms with van der Waals surface area (Å²) in [5.74, 6) is -0.382. The minimum Gasteiger partial charge on any atom is -0.347 e. The molecule has 5 heteroatoms. The Bertz CT molecular complexity index is 427. The van der Waals surface area contributed by atoms with E-state index in [1.54, 1.807) is 26.2 Å². The van der Waals surface area contributed by atoms with Gasteiger partial charge >= 0.3 is 0 Å². The van der Waals surface area contributed by atoms with Crippen LogP contribution in [0.25, 0.3) is 0 Å². The second-order valence-electron chi connectivity index (χ2n) is 4.27. The second-order valence-corrected chi connectivity index (χ2v) is 5.04. The van der Waals surface area contributed by atoms with E-state index < -0.39 is 0 Å². The molecule has 4 nitrogen and oxygen atoms in total. The number of thiol groups is 1. The summed E-state index contributed by atoms with van der Waals surface area (Å²) in [6.07, 6.45) is 0. The number of carbonyl (C=O) groups is 2. The lowest BCUT2D eigenvalue weighted by Crippen LogP contribution is -2.36. The predicted molar refractivity (Wildman–Crippen MR) is 74.9 cm³/mol. The third-order valence-corrected chi connectivity index (χ3v) is 2.85. The summed E-state index contributed by atoms with van der Waals surface area (Å²) in [6.45, 7) is 1.98. The van der Waals surface area contributed by atoms with Gasteiger partial charge < -0.3 is 10.2 Å². The lowest BCUT2D eigenvalue weighted by molar-refractivity contribution is -0.127. The number of rotatable bonds is 4. The van der Waals surface area contributed by atoms with Gasteiger partial charge in [-0.25, -0.2) is 0 Å². The molecule has 0 saturated carbocycles. The van der Waals surface area contributed by atoms with Crippen molar-refractivity contribution in [1.29, 1.82) is 0 Å². The minimum atomic E-state index is -0.247. The van der Waals surface area contributed by atoms with Crippen molar-refractivity contribution in [2.24, 2.45) is 0 Å². The van der Waals surface area contributed by atoms with Crippen LogP contribution in [-0.4, -0.2) is 37.4 Å². The highest BCUT2D eigenvalue weighted by molar-refractivity contribution is 7.80. The highest BCUT2D eigenvalue weighted by Gasteiger charge is 2.09. The van der Waals surface area contributed by atoms with Crippen LogP contribution in [-0.2, 0) is 4.79 Å². The molecule has 0 aromatic heterocycles. The van der Waals surface area contributed by atoms with E-state index in [0.717, 1.165) is 5.56 Å². The SMILES string of the molecule is CC(S)c1ccc(C(=O)NCC(=O)N(C)C)cc1. The molecular weight excluding hydrogens is 248 g/mol. The molecule has 1 atom stereocenters. The first-order valence-corrected chi connectivity index (χ1v) is 6.20. The van der Waals surface area contributed by atoms with Gasteiger partial charge in [0.25, 0.3) is 5.91 Å². The normalized spacial score (nSPS) is 11.8. The van der Waals surface area contributed by atoms with E-state index in [0.29, 0.717) is 5.56 Å². The summed E-state index contributed by atoms with van der Waals surface area (Å²) in [6, 6.07) is 7.19. The molecule has 1 rings (SSSR count). The van der Waals surface area contributed by atoms with Crippen molar-refractivity contribution in [2.45, 2.75) is 12.2 Å². The number of likely N-dealkylation sites (N-methyl/N-ethyl adjacent to an activating group) is 1. The van der Waals surface area contributed by atoms with Crippen molar-refractivity contribution in [3.05, 3.63) is 35.4 Å². The van der Waals surface area contributed by atoms with Gasteiger partial charge in [0, 0.05) is 24.9 Å².